The molecule has 2 rings (SSSR count). The minimum Gasteiger partial charge on any atom is -0.308 e. The Labute approximate surface area is 114 Å². The van der Waals surface area contributed by atoms with Gasteiger partial charge in [0.2, 0.25) is 0 Å². The van der Waals surface area contributed by atoms with Crippen LogP contribution in [0.25, 0.3) is 10.6 Å². The van der Waals surface area contributed by atoms with Crippen LogP contribution in [0.3, 0.4) is 0 Å². The fourth-order valence-corrected chi connectivity index (χ4v) is 2.37. The summed E-state index contributed by atoms with van der Waals surface area (Å²) in [6.45, 7) is 4.74. The zero-order valence-corrected chi connectivity index (χ0v) is 11.6. The summed E-state index contributed by atoms with van der Waals surface area (Å²) in [6, 6.07) is 4.80. The first-order valence-corrected chi connectivity index (χ1v) is 6.77. The van der Waals surface area contributed by atoms with E-state index < -0.39 is 0 Å². The average Bonchev–Trinajstić information content (AvgIpc) is 2.78. The van der Waals surface area contributed by atoms with Crippen LogP contribution in [-0.4, -0.2) is 16.2 Å². The van der Waals surface area contributed by atoms with Gasteiger partial charge in [0, 0.05) is 23.2 Å². The highest BCUT2D eigenvalue weighted by Crippen LogP contribution is 2.28. The van der Waals surface area contributed by atoms with Crippen LogP contribution < -0.4 is 5.32 Å². The molecule has 3 nitrogen and oxygen atoms in total. The Morgan fingerprint density at radius 2 is 2.17 bits per heavy atom. The van der Waals surface area contributed by atoms with E-state index in [1.165, 1.54) is 23.5 Å². The van der Waals surface area contributed by atoms with Crippen molar-refractivity contribution in [3.8, 4) is 10.6 Å². The fourth-order valence-electron chi connectivity index (χ4n) is 1.39. The Hall–Kier alpha value is -1.04. The molecule has 1 aromatic carbocycles. The lowest BCUT2D eigenvalue weighted by Gasteiger charge is -2.03. The lowest BCUT2D eigenvalue weighted by Crippen LogP contribution is -2.21. The summed E-state index contributed by atoms with van der Waals surface area (Å²) in [5.74, 6) is -0.334. The van der Waals surface area contributed by atoms with Crippen molar-refractivity contribution in [2.75, 3.05) is 0 Å². The average molecular weight is 286 g/mol. The topological polar surface area (TPSA) is 37.8 Å². The van der Waals surface area contributed by atoms with Gasteiger partial charge in [0.15, 0.2) is 5.01 Å². The maximum absolute atomic E-state index is 13.6. The summed E-state index contributed by atoms with van der Waals surface area (Å²) in [4.78, 5) is 0. The largest absolute Gasteiger partial charge is 0.308 e. The number of aromatic nitrogens is 2. The van der Waals surface area contributed by atoms with Crippen LogP contribution in [0.2, 0.25) is 5.02 Å². The van der Waals surface area contributed by atoms with E-state index >= 15 is 0 Å². The van der Waals surface area contributed by atoms with Crippen molar-refractivity contribution in [3.63, 3.8) is 0 Å². The molecule has 1 heterocycles. The molecule has 2 aromatic rings. The molecule has 0 spiro atoms. The zero-order chi connectivity index (χ0) is 13.1. The first-order valence-electron chi connectivity index (χ1n) is 5.57. The molecule has 0 aliphatic carbocycles. The van der Waals surface area contributed by atoms with Crippen LogP contribution in [0.4, 0.5) is 4.39 Å². The third-order valence-electron chi connectivity index (χ3n) is 2.29. The standard InChI is InChI=1S/C12H13ClFN3S/c1-7(2)15-6-11-16-17-12(18-11)9-5-8(13)3-4-10(9)14/h3-5,7,15H,6H2,1-2H3. The van der Waals surface area contributed by atoms with Gasteiger partial charge in [0.05, 0.1) is 0 Å². The van der Waals surface area contributed by atoms with Crippen LogP contribution in [0.15, 0.2) is 18.2 Å². The number of benzene rings is 1. The summed E-state index contributed by atoms with van der Waals surface area (Å²) < 4.78 is 13.6. The van der Waals surface area contributed by atoms with E-state index in [4.69, 9.17) is 11.6 Å². The van der Waals surface area contributed by atoms with Crippen molar-refractivity contribution in [3.05, 3.63) is 34.0 Å². The summed E-state index contributed by atoms with van der Waals surface area (Å²) in [5.41, 5.74) is 0.399. The van der Waals surface area contributed by atoms with Gasteiger partial charge in [0.25, 0.3) is 0 Å². The molecule has 18 heavy (non-hydrogen) atoms. The molecule has 0 unspecified atom stereocenters. The number of hydrogen-bond donors (Lipinski definition) is 1. The lowest BCUT2D eigenvalue weighted by atomic mass is 10.2. The number of nitrogens with zero attached hydrogens (tertiary/aromatic N) is 2. The molecule has 1 N–H and O–H groups in total. The van der Waals surface area contributed by atoms with E-state index in [1.54, 1.807) is 6.07 Å². The van der Waals surface area contributed by atoms with Gasteiger partial charge in [0.1, 0.15) is 10.8 Å². The molecule has 0 radical (unpaired) electrons. The molecule has 0 bridgehead atoms. The van der Waals surface area contributed by atoms with E-state index in [2.05, 4.69) is 29.4 Å². The monoisotopic (exact) mass is 285 g/mol. The highest BCUT2D eigenvalue weighted by atomic mass is 35.5. The molecule has 6 heteroatoms. The van der Waals surface area contributed by atoms with Crippen LogP contribution >= 0.6 is 22.9 Å². The van der Waals surface area contributed by atoms with Gasteiger partial charge in [-0.3, -0.25) is 0 Å². The molecular formula is C12H13ClFN3S. The summed E-state index contributed by atoms with van der Waals surface area (Å²) in [7, 11) is 0. The van der Waals surface area contributed by atoms with Crippen molar-refractivity contribution >= 4 is 22.9 Å². The molecule has 0 aliphatic heterocycles. The Morgan fingerprint density at radius 1 is 1.39 bits per heavy atom. The molecule has 0 aliphatic rings. The molecule has 0 atom stereocenters. The van der Waals surface area contributed by atoms with Crippen molar-refractivity contribution in [1.82, 2.24) is 15.5 Å². The van der Waals surface area contributed by atoms with Crippen LogP contribution in [0.1, 0.15) is 18.9 Å². The Balaban J connectivity index is 2.21. The van der Waals surface area contributed by atoms with Crippen LogP contribution in [-0.2, 0) is 6.54 Å². The SMILES string of the molecule is CC(C)NCc1nnc(-c2cc(Cl)ccc2F)s1. The van der Waals surface area contributed by atoms with Gasteiger partial charge in [-0.2, -0.15) is 0 Å². The van der Waals surface area contributed by atoms with Gasteiger partial charge in [-0.05, 0) is 18.2 Å². The van der Waals surface area contributed by atoms with Gasteiger partial charge >= 0.3 is 0 Å². The number of rotatable bonds is 4. The number of hydrogen-bond acceptors (Lipinski definition) is 4. The first kappa shape index (κ1) is 13.4. The van der Waals surface area contributed by atoms with Gasteiger partial charge in [-0.15, -0.1) is 10.2 Å². The highest BCUT2D eigenvalue weighted by molar-refractivity contribution is 7.14. The highest BCUT2D eigenvalue weighted by Gasteiger charge is 2.11. The van der Waals surface area contributed by atoms with Crippen LogP contribution in [0, 0.1) is 5.82 Å². The molecule has 0 saturated carbocycles. The van der Waals surface area contributed by atoms with E-state index in [-0.39, 0.29) is 5.82 Å². The molecule has 96 valence electrons. The maximum Gasteiger partial charge on any atom is 0.150 e. The summed E-state index contributed by atoms with van der Waals surface area (Å²) in [5, 5.41) is 13.1. The number of nitrogens with one attached hydrogen (secondary N) is 1. The quantitative estimate of drug-likeness (QED) is 0.934. The van der Waals surface area contributed by atoms with Crippen molar-refractivity contribution in [2.24, 2.45) is 0 Å². The van der Waals surface area contributed by atoms with Crippen molar-refractivity contribution < 1.29 is 4.39 Å². The Bertz CT molecular complexity index is 542. The third kappa shape index (κ3) is 3.25. The van der Waals surface area contributed by atoms with Gasteiger partial charge < -0.3 is 5.32 Å². The van der Waals surface area contributed by atoms with Crippen molar-refractivity contribution in [2.45, 2.75) is 26.4 Å². The third-order valence-corrected chi connectivity index (χ3v) is 3.48. The van der Waals surface area contributed by atoms with E-state index in [1.807, 2.05) is 0 Å². The second kappa shape index (κ2) is 5.73. The predicted molar refractivity (Wildman–Crippen MR) is 72.3 cm³/mol. The minimum absolute atomic E-state index is 0.334. The number of halogens is 2. The Kier molecular flexibility index (Phi) is 4.27. The Morgan fingerprint density at radius 3 is 2.89 bits per heavy atom. The van der Waals surface area contributed by atoms with Crippen LogP contribution in [0.5, 0.6) is 0 Å². The fraction of sp³-hybridized carbons (Fsp3) is 0.333. The first-order chi connectivity index (χ1) is 8.56. The second-order valence-electron chi connectivity index (χ2n) is 4.16. The smallest absolute Gasteiger partial charge is 0.150 e. The lowest BCUT2D eigenvalue weighted by molar-refractivity contribution is 0.585. The normalized spacial score (nSPS) is 11.2. The molecule has 0 fully saturated rings. The van der Waals surface area contributed by atoms with E-state index in [0.29, 0.717) is 28.2 Å². The zero-order valence-electron chi connectivity index (χ0n) is 10.1. The second-order valence-corrected chi connectivity index (χ2v) is 5.66. The van der Waals surface area contributed by atoms with E-state index in [9.17, 15) is 4.39 Å². The molecular weight excluding hydrogens is 273 g/mol. The minimum atomic E-state index is -0.334. The summed E-state index contributed by atoms with van der Waals surface area (Å²) >= 11 is 7.22. The molecule has 1 aromatic heterocycles. The van der Waals surface area contributed by atoms with Crippen molar-refractivity contribution in [1.29, 1.82) is 0 Å². The molecule has 0 amide bonds. The van der Waals surface area contributed by atoms with E-state index in [0.717, 1.165) is 5.01 Å². The van der Waals surface area contributed by atoms with Gasteiger partial charge in [-0.1, -0.05) is 36.8 Å². The van der Waals surface area contributed by atoms with Gasteiger partial charge in [-0.25, -0.2) is 4.39 Å². The molecule has 0 saturated heterocycles. The summed E-state index contributed by atoms with van der Waals surface area (Å²) in [6.07, 6.45) is 0. The maximum atomic E-state index is 13.6. The predicted octanol–water partition coefficient (Wildman–Crippen LogP) is 3.50.